The molecule has 3 heteroatoms. The van der Waals surface area contributed by atoms with Crippen LogP contribution in [0.5, 0.6) is 0 Å². The third-order valence-electron chi connectivity index (χ3n) is 3.85. The molecule has 0 spiro atoms. The van der Waals surface area contributed by atoms with Crippen molar-refractivity contribution in [1.29, 1.82) is 0 Å². The zero-order valence-electron chi connectivity index (χ0n) is 11.3. The Morgan fingerprint density at radius 1 is 1.18 bits per heavy atom. The van der Waals surface area contributed by atoms with E-state index in [2.05, 4.69) is 19.2 Å². The van der Waals surface area contributed by atoms with Gasteiger partial charge >= 0.3 is 5.97 Å². The van der Waals surface area contributed by atoms with E-state index in [0.717, 1.165) is 38.5 Å². The molecule has 0 aliphatic heterocycles. The first-order valence-corrected chi connectivity index (χ1v) is 7.15. The van der Waals surface area contributed by atoms with Crippen LogP contribution in [0, 0.1) is 0 Å². The van der Waals surface area contributed by atoms with Crippen LogP contribution in [0.25, 0.3) is 0 Å². The number of carboxylic acid groups (broad SMARTS) is 1. The topological polar surface area (TPSA) is 49.3 Å². The first-order chi connectivity index (χ1) is 8.14. The minimum Gasteiger partial charge on any atom is -0.480 e. The van der Waals surface area contributed by atoms with Gasteiger partial charge in [0.05, 0.1) is 0 Å². The molecule has 1 saturated carbocycles. The largest absolute Gasteiger partial charge is 0.480 e. The summed E-state index contributed by atoms with van der Waals surface area (Å²) in [5, 5.41) is 13.0. The molecule has 17 heavy (non-hydrogen) atoms. The van der Waals surface area contributed by atoms with Crippen molar-refractivity contribution >= 4 is 5.97 Å². The van der Waals surface area contributed by atoms with Crippen molar-refractivity contribution in [3.8, 4) is 0 Å². The van der Waals surface area contributed by atoms with E-state index in [-0.39, 0.29) is 0 Å². The second kappa shape index (κ2) is 7.00. The Labute approximate surface area is 105 Å². The van der Waals surface area contributed by atoms with Gasteiger partial charge in [0.1, 0.15) is 5.54 Å². The third-order valence-corrected chi connectivity index (χ3v) is 3.85. The number of aliphatic carboxylic acids is 1. The summed E-state index contributed by atoms with van der Waals surface area (Å²) in [6.45, 7) is 4.13. The van der Waals surface area contributed by atoms with Gasteiger partial charge in [0.25, 0.3) is 0 Å². The van der Waals surface area contributed by atoms with E-state index in [1.54, 1.807) is 0 Å². The lowest BCUT2D eigenvalue weighted by Gasteiger charge is -2.36. The molecule has 100 valence electrons. The number of carboxylic acids is 1. The van der Waals surface area contributed by atoms with Gasteiger partial charge < -0.3 is 5.11 Å². The van der Waals surface area contributed by atoms with E-state index in [9.17, 15) is 9.90 Å². The highest BCUT2D eigenvalue weighted by atomic mass is 16.4. The zero-order chi connectivity index (χ0) is 12.7. The molecular formula is C14H27NO2. The molecule has 0 bridgehead atoms. The first kappa shape index (κ1) is 14.5. The molecule has 1 aliphatic rings. The first-order valence-electron chi connectivity index (χ1n) is 7.15. The molecule has 0 aromatic carbocycles. The average Bonchev–Trinajstić information content (AvgIpc) is 2.30. The van der Waals surface area contributed by atoms with Gasteiger partial charge in [-0.1, -0.05) is 46.0 Å². The highest BCUT2D eigenvalue weighted by Crippen LogP contribution is 2.25. The van der Waals surface area contributed by atoms with E-state index < -0.39 is 11.5 Å². The summed E-state index contributed by atoms with van der Waals surface area (Å²) < 4.78 is 0. The molecule has 1 fully saturated rings. The van der Waals surface area contributed by atoms with Gasteiger partial charge in [-0.2, -0.15) is 0 Å². The van der Waals surface area contributed by atoms with Crippen LogP contribution in [0.4, 0.5) is 0 Å². The van der Waals surface area contributed by atoms with Crippen molar-refractivity contribution < 1.29 is 9.90 Å². The van der Waals surface area contributed by atoms with Gasteiger partial charge in [0.2, 0.25) is 0 Å². The van der Waals surface area contributed by atoms with Gasteiger partial charge in [0.15, 0.2) is 0 Å². The van der Waals surface area contributed by atoms with Crippen molar-refractivity contribution in [2.24, 2.45) is 0 Å². The second-order valence-corrected chi connectivity index (χ2v) is 5.37. The van der Waals surface area contributed by atoms with Crippen LogP contribution in [-0.4, -0.2) is 22.7 Å². The summed E-state index contributed by atoms with van der Waals surface area (Å²) in [6.07, 6.45) is 9.40. The van der Waals surface area contributed by atoms with Gasteiger partial charge in [-0.15, -0.1) is 0 Å². The van der Waals surface area contributed by atoms with Crippen molar-refractivity contribution in [1.82, 2.24) is 5.32 Å². The number of nitrogens with one attached hydrogen (secondary N) is 1. The number of hydrogen-bond donors (Lipinski definition) is 2. The maximum atomic E-state index is 11.6. The SMILES string of the molecule is CCCC(CCC)(NC1CCCCC1)C(=O)O. The summed E-state index contributed by atoms with van der Waals surface area (Å²) in [6, 6.07) is 0.415. The summed E-state index contributed by atoms with van der Waals surface area (Å²) in [4.78, 5) is 11.6. The fourth-order valence-corrected chi connectivity index (χ4v) is 3.04. The molecule has 0 saturated heterocycles. The standard InChI is InChI=1S/C14H27NO2/c1-3-10-14(11-4-2,13(16)17)15-12-8-6-5-7-9-12/h12,15H,3-11H2,1-2H3,(H,16,17). The molecule has 1 aliphatic carbocycles. The normalized spacial score (nSPS) is 18.2. The van der Waals surface area contributed by atoms with Crippen LogP contribution in [0.2, 0.25) is 0 Å². The molecule has 0 atom stereocenters. The van der Waals surface area contributed by atoms with Crippen molar-refractivity contribution in [2.75, 3.05) is 0 Å². The zero-order valence-corrected chi connectivity index (χ0v) is 11.3. The Hall–Kier alpha value is -0.570. The summed E-state index contributed by atoms with van der Waals surface area (Å²) in [7, 11) is 0. The molecule has 1 rings (SSSR count). The van der Waals surface area contributed by atoms with E-state index in [4.69, 9.17) is 0 Å². The molecule has 0 unspecified atom stereocenters. The second-order valence-electron chi connectivity index (χ2n) is 5.37. The van der Waals surface area contributed by atoms with Crippen molar-refractivity contribution in [3.05, 3.63) is 0 Å². The summed E-state index contributed by atoms with van der Waals surface area (Å²) in [5.74, 6) is -0.660. The molecule has 0 aromatic rings. The monoisotopic (exact) mass is 241 g/mol. The minimum atomic E-state index is -0.675. The van der Waals surface area contributed by atoms with Crippen LogP contribution in [0.1, 0.15) is 71.6 Å². The minimum absolute atomic E-state index is 0.415. The van der Waals surface area contributed by atoms with E-state index >= 15 is 0 Å². The van der Waals surface area contributed by atoms with Gasteiger partial charge in [0, 0.05) is 6.04 Å². The Balaban J connectivity index is 2.68. The fourth-order valence-electron chi connectivity index (χ4n) is 3.04. The maximum absolute atomic E-state index is 11.6. The molecule has 0 amide bonds. The molecule has 0 radical (unpaired) electrons. The van der Waals surface area contributed by atoms with Crippen molar-refractivity contribution in [2.45, 2.75) is 83.2 Å². The average molecular weight is 241 g/mol. The van der Waals surface area contributed by atoms with Gasteiger partial charge in [-0.25, -0.2) is 0 Å². The number of hydrogen-bond acceptors (Lipinski definition) is 2. The lowest BCUT2D eigenvalue weighted by Crippen LogP contribution is -2.56. The Morgan fingerprint density at radius 2 is 1.71 bits per heavy atom. The number of rotatable bonds is 7. The van der Waals surface area contributed by atoms with Gasteiger partial charge in [-0.05, 0) is 25.7 Å². The van der Waals surface area contributed by atoms with Crippen LogP contribution in [0.3, 0.4) is 0 Å². The Kier molecular flexibility index (Phi) is 5.96. The molecule has 2 N–H and O–H groups in total. The summed E-state index contributed by atoms with van der Waals surface area (Å²) in [5.41, 5.74) is -0.675. The van der Waals surface area contributed by atoms with E-state index in [0.29, 0.717) is 6.04 Å². The summed E-state index contributed by atoms with van der Waals surface area (Å²) >= 11 is 0. The van der Waals surface area contributed by atoms with Crippen LogP contribution in [-0.2, 0) is 4.79 Å². The van der Waals surface area contributed by atoms with Crippen LogP contribution < -0.4 is 5.32 Å². The van der Waals surface area contributed by atoms with Crippen LogP contribution in [0.15, 0.2) is 0 Å². The lowest BCUT2D eigenvalue weighted by molar-refractivity contribution is -0.146. The van der Waals surface area contributed by atoms with Crippen molar-refractivity contribution in [3.63, 3.8) is 0 Å². The highest BCUT2D eigenvalue weighted by Gasteiger charge is 2.38. The fraction of sp³-hybridized carbons (Fsp3) is 0.929. The smallest absolute Gasteiger partial charge is 0.323 e. The van der Waals surface area contributed by atoms with Crippen LogP contribution >= 0.6 is 0 Å². The Morgan fingerprint density at radius 3 is 2.12 bits per heavy atom. The quantitative estimate of drug-likeness (QED) is 0.718. The molecule has 3 nitrogen and oxygen atoms in total. The molecular weight excluding hydrogens is 214 g/mol. The van der Waals surface area contributed by atoms with Gasteiger partial charge in [-0.3, -0.25) is 10.1 Å². The van der Waals surface area contributed by atoms with E-state index in [1.165, 1.54) is 19.3 Å². The Bertz CT molecular complexity index is 228. The lowest BCUT2D eigenvalue weighted by atomic mass is 9.85. The maximum Gasteiger partial charge on any atom is 0.323 e. The molecule has 0 aromatic heterocycles. The highest BCUT2D eigenvalue weighted by molar-refractivity contribution is 5.78. The third kappa shape index (κ3) is 3.98. The number of carbonyl (C=O) groups is 1. The predicted octanol–water partition coefficient (Wildman–Crippen LogP) is 3.33. The van der Waals surface area contributed by atoms with E-state index in [1.807, 2.05) is 0 Å². The molecule has 0 heterocycles. The predicted molar refractivity (Wildman–Crippen MR) is 70.2 cm³/mol.